The van der Waals surface area contributed by atoms with Gasteiger partial charge in [0.15, 0.2) is 16.9 Å². The number of carbonyl (C=O) groups excluding carboxylic acids is 2. The molecule has 0 saturated carbocycles. The van der Waals surface area contributed by atoms with Crippen LogP contribution in [0.1, 0.15) is 11.1 Å². The van der Waals surface area contributed by atoms with E-state index in [-0.39, 0.29) is 17.9 Å². The van der Waals surface area contributed by atoms with Gasteiger partial charge in [0, 0.05) is 13.6 Å². The highest BCUT2D eigenvalue weighted by atomic mass is 32.2. The van der Waals surface area contributed by atoms with Crippen molar-refractivity contribution in [2.75, 3.05) is 5.32 Å². The molecule has 2 heterocycles. The van der Waals surface area contributed by atoms with Gasteiger partial charge in [-0.25, -0.2) is 18.0 Å². The van der Waals surface area contributed by atoms with E-state index >= 15 is 0 Å². The third kappa shape index (κ3) is 4.54. The highest BCUT2D eigenvalue weighted by Crippen LogP contribution is 2.23. The number of fused-ring (bicyclic) bond motifs is 1. The lowest BCUT2D eigenvalue weighted by molar-refractivity contribution is -0.126. The van der Waals surface area contributed by atoms with Crippen molar-refractivity contribution in [1.82, 2.24) is 14.5 Å². The number of nitrogens with zero attached hydrogens (tertiary/aromatic N) is 2. The number of rotatable bonds is 5. The van der Waals surface area contributed by atoms with Crippen molar-refractivity contribution in [3.8, 4) is 0 Å². The molecule has 2 N–H and O–H groups in total. The number of hydrogen-bond donors (Lipinski definition) is 2. The molecule has 3 aromatic rings. The molecule has 2 amide bonds. The summed E-state index contributed by atoms with van der Waals surface area (Å²) in [4.78, 5) is 50.6. The van der Waals surface area contributed by atoms with E-state index in [2.05, 4.69) is 10.6 Å². The predicted octanol–water partition coefficient (Wildman–Crippen LogP) is 0.757. The Morgan fingerprint density at radius 1 is 1.03 bits per heavy atom. The van der Waals surface area contributed by atoms with Crippen molar-refractivity contribution in [2.24, 2.45) is 7.05 Å². The van der Waals surface area contributed by atoms with Gasteiger partial charge in [-0.15, -0.1) is 0 Å². The monoisotopic (exact) mass is 506 g/mol. The van der Waals surface area contributed by atoms with Gasteiger partial charge < -0.3 is 10.6 Å². The normalized spacial score (nSPS) is 17.0. The maximum Gasteiger partial charge on any atom is 0.332 e. The number of anilines is 1. The minimum absolute atomic E-state index is 0.0854. The van der Waals surface area contributed by atoms with Crippen LogP contribution < -0.4 is 21.9 Å². The number of benzene rings is 2. The molecule has 1 aliphatic rings. The van der Waals surface area contributed by atoms with Crippen LogP contribution in [0, 0.1) is 17.5 Å². The van der Waals surface area contributed by atoms with Crippen molar-refractivity contribution < 1.29 is 27.0 Å². The molecule has 35 heavy (non-hydrogen) atoms. The maximum atomic E-state index is 13.6. The molecule has 0 bridgehead atoms. The van der Waals surface area contributed by atoms with E-state index in [9.17, 15) is 36.6 Å². The molecule has 2 aromatic carbocycles. The highest BCUT2D eigenvalue weighted by molar-refractivity contribution is 7.87. The van der Waals surface area contributed by atoms with Crippen molar-refractivity contribution in [3.63, 3.8) is 0 Å². The summed E-state index contributed by atoms with van der Waals surface area (Å²) >= 11 is 0. The molecule has 4 rings (SSSR count). The average molecular weight is 506 g/mol. The Morgan fingerprint density at radius 2 is 1.69 bits per heavy atom. The van der Waals surface area contributed by atoms with Gasteiger partial charge in [0.2, 0.25) is 5.91 Å². The van der Waals surface area contributed by atoms with Crippen LogP contribution in [0.5, 0.6) is 0 Å². The van der Waals surface area contributed by atoms with Gasteiger partial charge in [0.25, 0.3) is 11.5 Å². The van der Waals surface area contributed by atoms with Crippen molar-refractivity contribution in [3.05, 3.63) is 91.9 Å². The summed E-state index contributed by atoms with van der Waals surface area (Å²) in [5.74, 6) is -5.03. The zero-order valence-corrected chi connectivity index (χ0v) is 18.8. The Hall–Kier alpha value is -4.00. The third-order valence-corrected chi connectivity index (χ3v) is 6.97. The molecule has 2 unspecified atom stereocenters. The first-order valence-corrected chi connectivity index (χ1v) is 11.3. The lowest BCUT2D eigenvalue weighted by Crippen LogP contribution is -2.52. The zero-order chi connectivity index (χ0) is 25.4. The lowest BCUT2D eigenvalue weighted by atomic mass is 10.2. The van der Waals surface area contributed by atoms with Crippen LogP contribution in [0.2, 0.25) is 0 Å². The first-order valence-electron chi connectivity index (χ1n) is 10.1. The minimum atomic E-state index is -2.49. The second kappa shape index (κ2) is 9.33. The molecular formula is C22H17F3N4O5S. The molecule has 0 spiro atoms. The van der Waals surface area contributed by atoms with Crippen molar-refractivity contribution in [1.29, 1.82) is 0 Å². The molecule has 1 aliphatic heterocycles. The molecule has 13 heteroatoms. The molecule has 0 aliphatic carbocycles. The Bertz CT molecular complexity index is 1500. The van der Waals surface area contributed by atoms with E-state index in [1.807, 2.05) is 0 Å². The zero-order valence-electron chi connectivity index (χ0n) is 18.0. The fraction of sp³-hybridized carbons (Fsp3) is 0.182. The molecule has 0 fully saturated rings. The maximum absolute atomic E-state index is 13.6. The van der Waals surface area contributed by atoms with Gasteiger partial charge in [-0.1, -0.05) is 18.2 Å². The van der Waals surface area contributed by atoms with Gasteiger partial charge in [-0.3, -0.25) is 27.7 Å². The number of aromatic nitrogens is 2. The van der Waals surface area contributed by atoms with Crippen LogP contribution >= 0.6 is 0 Å². The quantitative estimate of drug-likeness (QED) is 0.496. The van der Waals surface area contributed by atoms with Crippen LogP contribution in [0.25, 0.3) is 0 Å². The van der Waals surface area contributed by atoms with Crippen LogP contribution in [-0.4, -0.2) is 30.4 Å². The Labute approximate surface area is 197 Å². The summed E-state index contributed by atoms with van der Waals surface area (Å²) in [6, 6.07) is 8.00. The molecule has 9 nitrogen and oxygen atoms in total. The Morgan fingerprint density at radius 3 is 2.34 bits per heavy atom. The minimum Gasteiger partial charge on any atom is -0.351 e. The summed E-state index contributed by atoms with van der Waals surface area (Å²) in [6.45, 7) is -0.566. The second-order valence-electron chi connectivity index (χ2n) is 7.67. The van der Waals surface area contributed by atoms with Gasteiger partial charge in [0.1, 0.15) is 16.5 Å². The second-order valence-corrected chi connectivity index (χ2v) is 9.14. The smallest absolute Gasteiger partial charge is 0.332 e. The Balaban J connectivity index is 1.67. The van der Waals surface area contributed by atoms with E-state index in [1.54, 1.807) is 0 Å². The van der Waals surface area contributed by atoms with E-state index in [4.69, 9.17) is 0 Å². The SMILES string of the molecule is Cn1c2c(c(=O)n(Cc3ccc(F)c(F)c3)c1=O)S(=O)C(C(=O)NCc1ccc(F)cc1)C(=O)N2. The van der Waals surface area contributed by atoms with Crippen molar-refractivity contribution in [2.45, 2.75) is 23.2 Å². The summed E-state index contributed by atoms with van der Waals surface area (Å²) in [5, 5.41) is 2.90. The van der Waals surface area contributed by atoms with Crippen molar-refractivity contribution >= 4 is 28.4 Å². The standard InChI is InChI=1S/C22H17F3N4O5S/c1-28-18-16(21(32)29(22(28)33)10-12-4-7-14(24)15(25)8-12)35(34)17(20(31)27-18)19(30)26-9-11-2-5-13(23)6-3-11/h2-8,17H,9-10H2,1H3,(H,26,30)(H,27,31). The third-order valence-electron chi connectivity index (χ3n) is 5.35. The molecule has 1 aromatic heterocycles. The van der Waals surface area contributed by atoms with Gasteiger partial charge in [0.05, 0.1) is 17.3 Å². The van der Waals surface area contributed by atoms with E-state index in [0.29, 0.717) is 10.1 Å². The predicted molar refractivity (Wildman–Crippen MR) is 118 cm³/mol. The summed E-state index contributed by atoms with van der Waals surface area (Å²) in [7, 11) is -1.28. The lowest BCUT2D eigenvalue weighted by Gasteiger charge is -2.25. The van der Waals surface area contributed by atoms with Crippen LogP contribution in [0.15, 0.2) is 56.9 Å². The molecule has 0 radical (unpaired) electrons. The van der Waals surface area contributed by atoms with Crippen LogP contribution in [0.4, 0.5) is 19.0 Å². The van der Waals surface area contributed by atoms with E-state index < -0.39 is 68.0 Å². The molecular weight excluding hydrogens is 489 g/mol. The largest absolute Gasteiger partial charge is 0.351 e. The number of amides is 2. The van der Waals surface area contributed by atoms with Gasteiger partial charge in [-0.2, -0.15) is 0 Å². The summed E-state index contributed by atoms with van der Waals surface area (Å²) in [6.07, 6.45) is 0. The molecule has 0 saturated heterocycles. The van der Waals surface area contributed by atoms with E-state index in [0.717, 1.165) is 16.7 Å². The topological polar surface area (TPSA) is 119 Å². The first kappa shape index (κ1) is 24.1. The average Bonchev–Trinajstić information content (AvgIpc) is 2.82. The van der Waals surface area contributed by atoms with Gasteiger partial charge >= 0.3 is 5.69 Å². The summed E-state index contributed by atoms with van der Waals surface area (Å²) < 4.78 is 54.6. The fourth-order valence-corrected chi connectivity index (χ4v) is 4.95. The highest BCUT2D eigenvalue weighted by Gasteiger charge is 2.42. The number of hydrogen-bond acceptors (Lipinski definition) is 5. The van der Waals surface area contributed by atoms with Crippen LogP contribution in [0.3, 0.4) is 0 Å². The first-order chi connectivity index (χ1) is 16.6. The van der Waals surface area contributed by atoms with Crippen LogP contribution in [-0.2, 0) is 40.5 Å². The number of nitrogens with one attached hydrogen (secondary N) is 2. The number of carbonyl (C=O) groups is 2. The van der Waals surface area contributed by atoms with E-state index in [1.165, 1.54) is 37.4 Å². The molecule has 182 valence electrons. The molecule has 2 atom stereocenters. The Kier molecular flexibility index (Phi) is 6.43. The fourth-order valence-electron chi connectivity index (χ4n) is 3.52. The number of halogens is 3. The summed E-state index contributed by atoms with van der Waals surface area (Å²) in [5.41, 5.74) is -1.36. The van der Waals surface area contributed by atoms with Gasteiger partial charge in [-0.05, 0) is 35.4 Å².